The number of benzene rings is 3. The number of hydrogen-bond donors (Lipinski definition) is 2. The molecule has 0 spiro atoms. The molecule has 0 radical (unpaired) electrons. The fourth-order valence-electron chi connectivity index (χ4n) is 5.03. The Kier molecular flexibility index (Phi) is 8.19. The lowest BCUT2D eigenvalue weighted by Gasteiger charge is -2.23. The fraction of sp³-hybridized carbons (Fsp3) is 0.242. The Balaban J connectivity index is 1.17. The molecule has 2 aromatic heterocycles. The molecule has 43 heavy (non-hydrogen) atoms. The molecule has 1 aliphatic heterocycles. The van der Waals surface area contributed by atoms with Gasteiger partial charge in [-0.15, -0.1) is 0 Å². The summed E-state index contributed by atoms with van der Waals surface area (Å²) in [5, 5.41) is 6.68. The maximum Gasteiger partial charge on any atom is 0.277 e. The summed E-state index contributed by atoms with van der Waals surface area (Å²) < 4.78 is 38.6. The molecule has 1 fully saturated rings. The number of carbonyl (C=O) groups is 1. The van der Waals surface area contributed by atoms with Crippen LogP contribution in [0.5, 0.6) is 23.0 Å². The van der Waals surface area contributed by atoms with Crippen molar-refractivity contribution in [3.05, 3.63) is 90.2 Å². The standard InChI is InChI=1S/C33H31FN4O5/c1-20-31(38-33(42-20)22-6-4-3-5-7-22)32(39)37-23-8-9-28(25(34)16-23)43-27-12-15-36-26-18-30(29(40-2)17-24(26)27)41-19-21-10-13-35-14-11-21/h3-9,12,15-18,21,35H,10-11,13-14,19H2,1-2H3,(H,37,39). The number of piperidine rings is 1. The van der Waals surface area contributed by atoms with Gasteiger partial charge in [0.2, 0.25) is 5.89 Å². The molecular formula is C33H31FN4O5. The quantitative estimate of drug-likeness (QED) is 0.196. The molecule has 3 aromatic carbocycles. The molecule has 1 saturated heterocycles. The third kappa shape index (κ3) is 6.29. The van der Waals surface area contributed by atoms with Crippen molar-refractivity contribution in [3.63, 3.8) is 0 Å². The second kappa shape index (κ2) is 12.5. The van der Waals surface area contributed by atoms with Crippen LogP contribution in [0.25, 0.3) is 22.4 Å². The van der Waals surface area contributed by atoms with Crippen molar-refractivity contribution >= 4 is 22.5 Å². The lowest BCUT2D eigenvalue weighted by molar-refractivity contribution is 0.102. The van der Waals surface area contributed by atoms with E-state index in [1.54, 1.807) is 38.4 Å². The Bertz CT molecular complexity index is 1750. The van der Waals surface area contributed by atoms with Gasteiger partial charge >= 0.3 is 0 Å². The van der Waals surface area contributed by atoms with E-state index in [9.17, 15) is 4.79 Å². The number of fused-ring (bicyclic) bond motifs is 1. The van der Waals surface area contributed by atoms with Crippen LogP contribution in [0.4, 0.5) is 10.1 Å². The van der Waals surface area contributed by atoms with Crippen LogP contribution in [0.1, 0.15) is 29.1 Å². The zero-order chi connectivity index (χ0) is 29.8. The van der Waals surface area contributed by atoms with E-state index in [-0.39, 0.29) is 17.1 Å². The average molecular weight is 583 g/mol. The minimum atomic E-state index is -0.654. The molecule has 0 saturated carbocycles. The highest BCUT2D eigenvalue weighted by atomic mass is 19.1. The van der Waals surface area contributed by atoms with Gasteiger partial charge in [0.1, 0.15) is 11.5 Å². The van der Waals surface area contributed by atoms with Crippen molar-refractivity contribution in [1.82, 2.24) is 15.3 Å². The Labute approximate surface area is 248 Å². The van der Waals surface area contributed by atoms with Crippen LogP contribution in [-0.2, 0) is 0 Å². The second-order valence-corrected chi connectivity index (χ2v) is 10.3. The van der Waals surface area contributed by atoms with Crippen LogP contribution in [-0.4, -0.2) is 42.7 Å². The van der Waals surface area contributed by atoms with Crippen LogP contribution in [0, 0.1) is 18.7 Å². The number of carbonyl (C=O) groups excluding carboxylic acids is 1. The minimum Gasteiger partial charge on any atom is -0.493 e. The van der Waals surface area contributed by atoms with Gasteiger partial charge in [-0.25, -0.2) is 9.37 Å². The number of aryl methyl sites for hydroxylation is 1. The van der Waals surface area contributed by atoms with Gasteiger partial charge in [0.15, 0.2) is 28.8 Å². The summed E-state index contributed by atoms with van der Waals surface area (Å²) in [6.45, 7) is 4.24. The number of pyridine rings is 1. The topological polar surface area (TPSA) is 108 Å². The number of rotatable bonds is 9. The highest BCUT2D eigenvalue weighted by Crippen LogP contribution is 2.38. The van der Waals surface area contributed by atoms with Gasteiger partial charge in [-0.2, -0.15) is 0 Å². The maximum absolute atomic E-state index is 15.2. The van der Waals surface area contributed by atoms with E-state index in [4.69, 9.17) is 18.6 Å². The Morgan fingerprint density at radius 3 is 2.60 bits per heavy atom. The number of halogens is 1. The summed E-state index contributed by atoms with van der Waals surface area (Å²) in [5.41, 5.74) is 1.74. The Hall–Kier alpha value is -4.96. The second-order valence-electron chi connectivity index (χ2n) is 10.3. The number of nitrogens with one attached hydrogen (secondary N) is 2. The van der Waals surface area contributed by atoms with Crippen molar-refractivity contribution in [2.75, 3.05) is 32.1 Å². The van der Waals surface area contributed by atoms with E-state index < -0.39 is 11.7 Å². The third-order valence-electron chi connectivity index (χ3n) is 7.36. The molecule has 3 heterocycles. The van der Waals surface area contributed by atoms with Gasteiger partial charge in [-0.3, -0.25) is 9.78 Å². The van der Waals surface area contributed by atoms with Crippen molar-refractivity contribution in [2.45, 2.75) is 19.8 Å². The van der Waals surface area contributed by atoms with Crippen molar-refractivity contribution in [2.24, 2.45) is 5.92 Å². The summed E-state index contributed by atoms with van der Waals surface area (Å²) in [6.07, 6.45) is 3.72. The van der Waals surface area contributed by atoms with E-state index in [0.29, 0.717) is 52.3 Å². The van der Waals surface area contributed by atoms with Crippen LogP contribution < -0.4 is 24.8 Å². The summed E-state index contributed by atoms with van der Waals surface area (Å²) in [7, 11) is 1.57. The first-order valence-corrected chi connectivity index (χ1v) is 14.1. The monoisotopic (exact) mass is 582 g/mol. The first-order valence-electron chi connectivity index (χ1n) is 14.1. The van der Waals surface area contributed by atoms with Gasteiger partial charge in [0.05, 0.1) is 19.2 Å². The number of amides is 1. The van der Waals surface area contributed by atoms with E-state index in [1.807, 2.05) is 36.4 Å². The first-order chi connectivity index (χ1) is 21.0. The SMILES string of the molecule is COc1cc2c(Oc3ccc(NC(=O)c4nc(-c5ccccc5)oc4C)cc3F)ccnc2cc1OCC1CCNCC1. The zero-order valence-electron chi connectivity index (χ0n) is 23.9. The molecule has 1 amide bonds. The molecular weight excluding hydrogens is 551 g/mol. The van der Waals surface area contributed by atoms with Gasteiger partial charge in [0, 0.05) is 35.0 Å². The summed E-state index contributed by atoms with van der Waals surface area (Å²) in [4.78, 5) is 21.7. The number of nitrogens with zero attached hydrogens (tertiary/aromatic N) is 2. The Morgan fingerprint density at radius 1 is 1.02 bits per heavy atom. The lowest BCUT2D eigenvalue weighted by atomic mass is 9.99. The van der Waals surface area contributed by atoms with Gasteiger partial charge in [-0.05, 0) is 75.2 Å². The molecule has 9 nitrogen and oxygen atoms in total. The van der Waals surface area contributed by atoms with Crippen molar-refractivity contribution < 1.29 is 27.8 Å². The van der Waals surface area contributed by atoms with Crippen molar-refractivity contribution in [1.29, 1.82) is 0 Å². The number of hydrogen-bond acceptors (Lipinski definition) is 8. The fourth-order valence-corrected chi connectivity index (χ4v) is 5.03. The number of methoxy groups -OCH3 is 1. The zero-order valence-corrected chi connectivity index (χ0v) is 23.9. The highest BCUT2D eigenvalue weighted by molar-refractivity contribution is 6.03. The first kappa shape index (κ1) is 28.2. The maximum atomic E-state index is 15.2. The summed E-state index contributed by atoms with van der Waals surface area (Å²) in [5.74, 6) is 1.53. The van der Waals surface area contributed by atoms with Crippen LogP contribution in [0.2, 0.25) is 0 Å². The van der Waals surface area contributed by atoms with Crippen LogP contribution >= 0.6 is 0 Å². The minimum absolute atomic E-state index is 0.0142. The van der Waals surface area contributed by atoms with Crippen LogP contribution in [0.3, 0.4) is 0 Å². The normalized spacial score (nSPS) is 13.6. The van der Waals surface area contributed by atoms with Crippen LogP contribution in [0.15, 0.2) is 77.3 Å². The molecule has 0 atom stereocenters. The van der Waals surface area contributed by atoms with E-state index in [1.165, 1.54) is 12.1 Å². The van der Waals surface area contributed by atoms with Crippen molar-refractivity contribution in [3.8, 4) is 34.5 Å². The largest absolute Gasteiger partial charge is 0.493 e. The van der Waals surface area contributed by atoms with Gasteiger partial charge in [0.25, 0.3) is 5.91 Å². The molecule has 220 valence electrons. The smallest absolute Gasteiger partial charge is 0.277 e. The van der Waals surface area contributed by atoms with E-state index in [0.717, 1.165) is 31.5 Å². The van der Waals surface area contributed by atoms with Gasteiger partial charge < -0.3 is 29.3 Å². The highest BCUT2D eigenvalue weighted by Gasteiger charge is 2.20. The van der Waals surface area contributed by atoms with Gasteiger partial charge in [-0.1, -0.05) is 18.2 Å². The molecule has 1 aliphatic rings. The summed E-state index contributed by atoms with van der Waals surface area (Å²) in [6, 6.07) is 18.7. The molecule has 6 rings (SSSR count). The number of aromatic nitrogens is 2. The molecule has 0 bridgehead atoms. The molecule has 10 heteroatoms. The predicted molar refractivity (Wildman–Crippen MR) is 160 cm³/mol. The predicted octanol–water partition coefficient (Wildman–Crippen LogP) is 6.77. The van der Waals surface area contributed by atoms with E-state index in [2.05, 4.69) is 20.6 Å². The number of oxazole rings is 1. The third-order valence-corrected chi connectivity index (χ3v) is 7.36. The average Bonchev–Trinajstić information content (AvgIpc) is 3.43. The lowest BCUT2D eigenvalue weighted by Crippen LogP contribution is -2.30. The summed E-state index contributed by atoms with van der Waals surface area (Å²) >= 11 is 0. The molecule has 0 unspecified atom stereocenters. The van der Waals surface area contributed by atoms with E-state index >= 15 is 4.39 Å². The number of anilines is 1. The molecule has 0 aliphatic carbocycles. The molecule has 2 N–H and O–H groups in total. The Morgan fingerprint density at radius 2 is 1.84 bits per heavy atom. The number of ether oxygens (including phenoxy) is 3. The molecule has 5 aromatic rings.